The molecule has 1 fully saturated rings. The Kier molecular flexibility index (Phi) is 7.14. The molecule has 0 spiro atoms. The Morgan fingerprint density at radius 2 is 1.70 bits per heavy atom. The maximum absolute atomic E-state index is 12.5. The first-order valence-corrected chi connectivity index (χ1v) is 11.1. The number of thiocarbonyl (C=S) groups is 1. The van der Waals surface area contributed by atoms with Crippen LogP contribution in [0.2, 0.25) is 0 Å². The van der Waals surface area contributed by atoms with Crippen molar-refractivity contribution in [3.05, 3.63) is 61.1 Å². The highest BCUT2D eigenvalue weighted by molar-refractivity contribution is 14.1. The molecule has 156 valence electrons. The molecule has 1 heterocycles. The molecular formula is C21H18BrIN2O4S. The SMILES string of the molecule is COc1cc(C=C2C(=O)N(C)C(=S)N(C)C2=O)cc(Br)c1OCc1ccc(I)cc1. The van der Waals surface area contributed by atoms with Gasteiger partial charge < -0.3 is 9.47 Å². The second kappa shape index (κ2) is 9.44. The number of benzene rings is 2. The number of nitrogens with zero attached hydrogens (tertiary/aromatic N) is 2. The third kappa shape index (κ3) is 4.68. The van der Waals surface area contributed by atoms with Gasteiger partial charge in [0.1, 0.15) is 12.2 Å². The third-order valence-electron chi connectivity index (χ3n) is 4.50. The summed E-state index contributed by atoms with van der Waals surface area (Å²) in [6.07, 6.45) is 1.52. The van der Waals surface area contributed by atoms with Crippen LogP contribution in [0.5, 0.6) is 11.5 Å². The fourth-order valence-corrected chi connectivity index (χ4v) is 3.94. The monoisotopic (exact) mass is 600 g/mol. The highest BCUT2D eigenvalue weighted by Gasteiger charge is 2.35. The number of halogens is 2. The molecule has 1 saturated heterocycles. The molecule has 1 aliphatic rings. The Labute approximate surface area is 202 Å². The van der Waals surface area contributed by atoms with Crippen molar-refractivity contribution in [1.29, 1.82) is 0 Å². The topological polar surface area (TPSA) is 59.1 Å². The number of amides is 2. The molecular weight excluding hydrogens is 583 g/mol. The van der Waals surface area contributed by atoms with Gasteiger partial charge in [-0.25, -0.2) is 0 Å². The minimum Gasteiger partial charge on any atom is -0.493 e. The molecule has 0 N–H and O–H groups in total. The second-order valence-corrected chi connectivity index (χ2v) is 8.98. The van der Waals surface area contributed by atoms with Crippen molar-refractivity contribution in [2.45, 2.75) is 6.61 Å². The minimum absolute atomic E-state index is 0.0232. The van der Waals surface area contributed by atoms with Gasteiger partial charge in [0.15, 0.2) is 16.6 Å². The van der Waals surface area contributed by atoms with Crippen molar-refractivity contribution in [3.63, 3.8) is 0 Å². The Hall–Kier alpha value is -1.98. The number of rotatable bonds is 5. The normalized spacial score (nSPS) is 14.3. The van der Waals surface area contributed by atoms with E-state index < -0.39 is 11.8 Å². The van der Waals surface area contributed by atoms with Crippen molar-refractivity contribution in [3.8, 4) is 11.5 Å². The maximum atomic E-state index is 12.5. The summed E-state index contributed by atoms with van der Waals surface area (Å²) in [5.74, 6) is 0.124. The lowest BCUT2D eigenvalue weighted by Gasteiger charge is -2.31. The molecule has 0 radical (unpaired) electrons. The molecule has 0 atom stereocenters. The predicted octanol–water partition coefficient (Wildman–Crippen LogP) is 4.24. The fraction of sp³-hybridized carbons (Fsp3) is 0.190. The van der Waals surface area contributed by atoms with E-state index in [1.165, 1.54) is 23.0 Å². The number of ether oxygens (including phenoxy) is 2. The predicted molar refractivity (Wildman–Crippen MR) is 130 cm³/mol. The van der Waals surface area contributed by atoms with Gasteiger partial charge in [-0.15, -0.1) is 0 Å². The van der Waals surface area contributed by atoms with Crippen LogP contribution in [0, 0.1) is 3.57 Å². The van der Waals surface area contributed by atoms with Crippen LogP contribution in [0.15, 0.2) is 46.4 Å². The van der Waals surface area contributed by atoms with E-state index in [1.54, 1.807) is 26.2 Å². The number of carbonyl (C=O) groups excluding carboxylic acids is 2. The molecule has 30 heavy (non-hydrogen) atoms. The number of hydrogen-bond donors (Lipinski definition) is 0. The van der Waals surface area contributed by atoms with Crippen LogP contribution in [0.1, 0.15) is 11.1 Å². The summed E-state index contributed by atoms with van der Waals surface area (Å²) in [5, 5.41) is 0.167. The average Bonchev–Trinajstić information content (AvgIpc) is 2.74. The van der Waals surface area contributed by atoms with Crippen LogP contribution in [-0.4, -0.2) is 47.9 Å². The molecule has 6 nitrogen and oxygen atoms in total. The summed E-state index contributed by atoms with van der Waals surface area (Å²) in [6, 6.07) is 11.5. The third-order valence-corrected chi connectivity index (χ3v) is 6.36. The van der Waals surface area contributed by atoms with Gasteiger partial charge >= 0.3 is 0 Å². The summed E-state index contributed by atoms with van der Waals surface area (Å²) in [6.45, 7) is 0.371. The summed E-state index contributed by atoms with van der Waals surface area (Å²) in [5.41, 5.74) is 1.66. The van der Waals surface area contributed by atoms with Gasteiger partial charge in [-0.3, -0.25) is 19.4 Å². The molecule has 2 aromatic rings. The zero-order valence-electron chi connectivity index (χ0n) is 16.4. The first kappa shape index (κ1) is 22.7. The Balaban J connectivity index is 1.90. The number of likely N-dealkylation sites (N-methyl/N-ethyl adjacent to an activating group) is 2. The van der Waals surface area contributed by atoms with Crippen molar-refractivity contribution in [1.82, 2.24) is 9.80 Å². The Bertz CT molecular complexity index is 1030. The molecule has 0 bridgehead atoms. The molecule has 2 amide bonds. The summed E-state index contributed by atoms with van der Waals surface area (Å²) < 4.78 is 13.2. The van der Waals surface area contributed by atoms with E-state index >= 15 is 0 Å². The average molecular weight is 601 g/mol. The second-order valence-electron chi connectivity index (χ2n) is 6.52. The molecule has 0 aliphatic carbocycles. The highest BCUT2D eigenvalue weighted by atomic mass is 127. The van der Waals surface area contributed by atoms with Gasteiger partial charge in [0.05, 0.1) is 11.6 Å². The smallest absolute Gasteiger partial charge is 0.265 e. The molecule has 0 saturated carbocycles. The summed E-state index contributed by atoms with van der Waals surface area (Å²) in [7, 11) is 4.62. The number of carbonyl (C=O) groups is 2. The van der Waals surface area contributed by atoms with Crippen LogP contribution in [0.4, 0.5) is 0 Å². The zero-order chi connectivity index (χ0) is 22.0. The highest BCUT2D eigenvalue weighted by Crippen LogP contribution is 2.38. The van der Waals surface area contributed by atoms with Gasteiger partial charge in [-0.2, -0.15) is 0 Å². The van der Waals surface area contributed by atoms with Crippen LogP contribution >= 0.6 is 50.7 Å². The van der Waals surface area contributed by atoms with E-state index in [-0.39, 0.29) is 10.7 Å². The van der Waals surface area contributed by atoms with Crippen LogP contribution in [0.3, 0.4) is 0 Å². The van der Waals surface area contributed by atoms with Crippen molar-refractivity contribution >= 4 is 73.7 Å². The van der Waals surface area contributed by atoms with E-state index in [9.17, 15) is 9.59 Å². The lowest BCUT2D eigenvalue weighted by Crippen LogP contribution is -2.52. The zero-order valence-corrected chi connectivity index (χ0v) is 21.0. The first-order chi connectivity index (χ1) is 14.2. The van der Waals surface area contributed by atoms with Gasteiger partial charge in [0.2, 0.25) is 0 Å². The van der Waals surface area contributed by atoms with Crippen molar-refractivity contribution in [2.75, 3.05) is 21.2 Å². The van der Waals surface area contributed by atoms with E-state index in [4.69, 9.17) is 21.7 Å². The van der Waals surface area contributed by atoms with Crippen LogP contribution < -0.4 is 9.47 Å². The number of hydrogen-bond acceptors (Lipinski definition) is 5. The largest absolute Gasteiger partial charge is 0.493 e. The Morgan fingerprint density at radius 3 is 2.27 bits per heavy atom. The molecule has 3 rings (SSSR count). The van der Waals surface area contributed by atoms with Crippen LogP contribution in [-0.2, 0) is 16.2 Å². The van der Waals surface area contributed by atoms with Gasteiger partial charge in [0.25, 0.3) is 11.8 Å². The van der Waals surface area contributed by atoms with Gasteiger partial charge in [-0.05, 0) is 92.2 Å². The quantitative estimate of drug-likeness (QED) is 0.222. The number of methoxy groups -OCH3 is 1. The fourth-order valence-electron chi connectivity index (χ4n) is 2.84. The van der Waals surface area contributed by atoms with E-state index in [0.717, 1.165) is 9.13 Å². The summed E-state index contributed by atoms with van der Waals surface area (Å²) in [4.78, 5) is 27.6. The molecule has 0 aromatic heterocycles. The first-order valence-electron chi connectivity index (χ1n) is 8.79. The molecule has 9 heteroatoms. The van der Waals surface area contributed by atoms with Crippen molar-refractivity contribution in [2.24, 2.45) is 0 Å². The summed E-state index contributed by atoms with van der Waals surface area (Å²) >= 11 is 10.9. The lowest BCUT2D eigenvalue weighted by molar-refractivity contribution is -0.132. The van der Waals surface area contributed by atoms with E-state index in [1.807, 2.05) is 24.3 Å². The van der Waals surface area contributed by atoms with Gasteiger partial charge in [0, 0.05) is 17.7 Å². The van der Waals surface area contributed by atoms with E-state index in [0.29, 0.717) is 28.1 Å². The molecule has 0 unspecified atom stereocenters. The maximum Gasteiger partial charge on any atom is 0.265 e. The van der Waals surface area contributed by atoms with Crippen LogP contribution in [0.25, 0.3) is 6.08 Å². The molecule has 1 aliphatic heterocycles. The minimum atomic E-state index is -0.447. The standard InChI is InChI=1S/C21H18BrIN2O4S/c1-24-19(26)15(20(27)25(2)21(24)30)8-13-9-16(22)18(17(10-13)28-3)29-11-12-4-6-14(23)7-5-12/h4-10H,11H2,1-3H3. The molecule has 2 aromatic carbocycles. The van der Waals surface area contributed by atoms with Gasteiger partial charge in [-0.1, -0.05) is 12.1 Å². The van der Waals surface area contributed by atoms with Crippen molar-refractivity contribution < 1.29 is 19.1 Å². The van der Waals surface area contributed by atoms with E-state index in [2.05, 4.69) is 38.5 Å². The lowest BCUT2D eigenvalue weighted by atomic mass is 10.1. The Morgan fingerprint density at radius 1 is 1.10 bits per heavy atom.